The van der Waals surface area contributed by atoms with Gasteiger partial charge in [0.15, 0.2) is 5.76 Å². The SMILES string of the molecule is Cc1ccc(C(=O)Oc2ccc3c(c2)O/C(=C\c2sccc2C)C3=O)cc1. The van der Waals surface area contributed by atoms with Gasteiger partial charge in [0, 0.05) is 17.0 Å². The molecule has 0 aliphatic carbocycles. The van der Waals surface area contributed by atoms with E-state index in [1.54, 1.807) is 47.7 Å². The third-order valence-corrected chi connectivity index (χ3v) is 5.27. The number of Topliss-reactive ketones (excluding diaryl/α,β-unsaturated/α-hetero) is 1. The minimum atomic E-state index is -0.454. The third-order valence-electron chi connectivity index (χ3n) is 4.30. The first-order valence-corrected chi connectivity index (χ1v) is 9.30. The molecular weight excluding hydrogens is 360 g/mol. The average molecular weight is 376 g/mol. The fourth-order valence-corrected chi connectivity index (χ4v) is 3.59. The summed E-state index contributed by atoms with van der Waals surface area (Å²) in [6.45, 7) is 3.94. The molecule has 0 bridgehead atoms. The molecule has 0 saturated heterocycles. The van der Waals surface area contributed by atoms with Gasteiger partial charge in [0.2, 0.25) is 5.78 Å². The van der Waals surface area contributed by atoms with Crippen molar-refractivity contribution in [2.45, 2.75) is 13.8 Å². The van der Waals surface area contributed by atoms with Crippen molar-refractivity contribution in [2.75, 3.05) is 0 Å². The van der Waals surface area contributed by atoms with E-state index < -0.39 is 5.97 Å². The Hall–Kier alpha value is -3.18. The highest BCUT2D eigenvalue weighted by molar-refractivity contribution is 7.11. The van der Waals surface area contributed by atoms with Crippen molar-refractivity contribution in [3.05, 3.63) is 86.8 Å². The molecule has 1 aliphatic rings. The number of esters is 1. The Morgan fingerprint density at radius 2 is 1.85 bits per heavy atom. The molecule has 0 radical (unpaired) electrons. The quantitative estimate of drug-likeness (QED) is 0.358. The smallest absolute Gasteiger partial charge is 0.343 e. The number of benzene rings is 2. The molecule has 4 nitrogen and oxygen atoms in total. The van der Waals surface area contributed by atoms with Crippen molar-refractivity contribution >= 4 is 29.2 Å². The summed E-state index contributed by atoms with van der Waals surface area (Å²) in [6, 6.07) is 13.9. The Morgan fingerprint density at radius 3 is 2.56 bits per heavy atom. The Morgan fingerprint density at radius 1 is 1.07 bits per heavy atom. The maximum atomic E-state index is 12.5. The van der Waals surface area contributed by atoms with Gasteiger partial charge in [0.1, 0.15) is 11.5 Å². The molecule has 0 fully saturated rings. The molecule has 5 heteroatoms. The van der Waals surface area contributed by atoms with Gasteiger partial charge in [0.05, 0.1) is 11.1 Å². The van der Waals surface area contributed by atoms with Crippen molar-refractivity contribution in [2.24, 2.45) is 0 Å². The zero-order valence-electron chi connectivity index (χ0n) is 14.8. The van der Waals surface area contributed by atoms with E-state index in [9.17, 15) is 9.59 Å². The van der Waals surface area contributed by atoms with Crippen LogP contribution in [0, 0.1) is 13.8 Å². The molecule has 0 saturated carbocycles. The number of thiophene rings is 1. The van der Waals surface area contributed by atoms with Gasteiger partial charge >= 0.3 is 5.97 Å². The lowest BCUT2D eigenvalue weighted by Crippen LogP contribution is -2.08. The molecule has 0 atom stereocenters. The highest BCUT2D eigenvalue weighted by Crippen LogP contribution is 2.35. The fraction of sp³-hybridized carbons (Fsp3) is 0.0909. The fourth-order valence-electron chi connectivity index (χ4n) is 2.74. The molecule has 1 aromatic heterocycles. The Bertz CT molecular complexity index is 1070. The average Bonchev–Trinajstić information content (AvgIpc) is 3.19. The van der Waals surface area contributed by atoms with Crippen molar-refractivity contribution in [1.29, 1.82) is 0 Å². The van der Waals surface area contributed by atoms with Crippen LogP contribution >= 0.6 is 11.3 Å². The number of aryl methyl sites for hydroxylation is 2. The van der Waals surface area contributed by atoms with Crippen LogP contribution in [0.3, 0.4) is 0 Å². The van der Waals surface area contributed by atoms with Crippen LogP contribution in [-0.4, -0.2) is 11.8 Å². The second kappa shape index (κ2) is 6.85. The van der Waals surface area contributed by atoms with Gasteiger partial charge in [-0.05, 0) is 55.1 Å². The van der Waals surface area contributed by atoms with Gasteiger partial charge < -0.3 is 9.47 Å². The number of fused-ring (bicyclic) bond motifs is 1. The summed E-state index contributed by atoms with van der Waals surface area (Å²) in [4.78, 5) is 25.8. The Kier molecular flexibility index (Phi) is 4.38. The lowest BCUT2D eigenvalue weighted by molar-refractivity contribution is 0.0734. The van der Waals surface area contributed by atoms with Crippen LogP contribution in [0.25, 0.3) is 6.08 Å². The lowest BCUT2D eigenvalue weighted by Gasteiger charge is -2.06. The number of carbonyl (C=O) groups excluding carboxylic acids is 2. The summed E-state index contributed by atoms with van der Waals surface area (Å²) >= 11 is 1.55. The topological polar surface area (TPSA) is 52.6 Å². The largest absolute Gasteiger partial charge is 0.452 e. The summed E-state index contributed by atoms with van der Waals surface area (Å²) in [5.74, 6) is 0.381. The van der Waals surface area contributed by atoms with E-state index in [0.29, 0.717) is 22.6 Å². The second-order valence-corrected chi connectivity index (χ2v) is 7.27. The first-order valence-electron chi connectivity index (χ1n) is 8.42. The number of carbonyl (C=O) groups is 2. The van der Waals surface area contributed by atoms with Crippen LogP contribution in [0.15, 0.2) is 59.7 Å². The highest BCUT2D eigenvalue weighted by Gasteiger charge is 2.28. The summed E-state index contributed by atoms with van der Waals surface area (Å²) in [7, 11) is 0. The van der Waals surface area contributed by atoms with Gasteiger partial charge in [-0.1, -0.05) is 17.7 Å². The molecule has 27 heavy (non-hydrogen) atoms. The van der Waals surface area contributed by atoms with Crippen molar-refractivity contribution < 1.29 is 19.1 Å². The molecule has 2 aromatic carbocycles. The first kappa shape index (κ1) is 17.2. The first-order chi connectivity index (χ1) is 13.0. The number of allylic oxidation sites excluding steroid dienone is 1. The molecule has 3 aromatic rings. The minimum Gasteiger partial charge on any atom is -0.452 e. The van der Waals surface area contributed by atoms with E-state index >= 15 is 0 Å². The van der Waals surface area contributed by atoms with Crippen LogP contribution < -0.4 is 9.47 Å². The Labute approximate surface area is 160 Å². The summed E-state index contributed by atoms with van der Waals surface area (Å²) in [6.07, 6.45) is 1.75. The van der Waals surface area contributed by atoms with Gasteiger partial charge in [-0.15, -0.1) is 11.3 Å². The number of hydrogen-bond donors (Lipinski definition) is 0. The molecule has 0 unspecified atom stereocenters. The number of hydrogen-bond acceptors (Lipinski definition) is 5. The Balaban J connectivity index is 1.56. The van der Waals surface area contributed by atoms with E-state index in [0.717, 1.165) is 16.0 Å². The molecule has 2 heterocycles. The lowest BCUT2D eigenvalue weighted by atomic mass is 10.1. The third kappa shape index (κ3) is 3.41. The molecule has 0 amide bonds. The molecule has 0 N–H and O–H groups in total. The highest BCUT2D eigenvalue weighted by atomic mass is 32.1. The van der Waals surface area contributed by atoms with Crippen molar-refractivity contribution in [3.8, 4) is 11.5 Å². The monoisotopic (exact) mass is 376 g/mol. The maximum absolute atomic E-state index is 12.5. The van der Waals surface area contributed by atoms with Crippen molar-refractivity contribution in [1.82, 2.24) is 0 Å². The number of rotatable bonds is 3. The van der Waals surface area contributed by atoms with Gasteiger partial charge in [-0.25, -0.2) is 4.79 Å². The van der Waals surface area contributed by atoms with Gasteiger partial charge in [-0.2, -0.15) is 0 Å². The van der Waals surface area contributed by atoms with E-state index in [1.165, 1.54) is 0 Å². The number of ketones is 1. The van der Waals surface area contributed by atoms with Crippen LogP contribution in [-0.2, 0) is 0 Å². The van der Waals surface area contributed by atoms with E-state index in [2.05, 4.69) is 0 Å². The predicted octanol–water partition coefficient (Wildman–Crippen LogP) is 5.20. The molecule has 1 aliphatic heterocycles. The minimum absolute atomic E-state index is 0.172. The van der Waals surface area contributed by atoms with Gasteiger partial charge in [-0.3, -0.25) is 4.79 Å². The van der Waals surface area contributed by atoms with Gasteiger partial charge in [0.25, 0.3) is 0 Å². The molecule has 4 rings (SSSR count). The van der Waals surface area contributed by atoms with Crippen LogP contribution in [0.1, 0.15) is 36.7 Å². The zero-order valence-corrected chi connectivity index (χ0v) is 15.6. The molecular formula is C22H16O4S. The summed E-state index contributed by atoms with van der Waals surface area (Å²) < 4.78 is 11.1. The summed E-state index contributed by atoms with van der Waals surface area (Å²) in [5, 5.41) is 1.97. The van der Waals surface area contributed by atoms with Crippen LogP contribution in [0.5, 0.6) is 11.5 Å². The molecule has 0 spiro atoms. The summed E-state index contributed by atoms with van der Waals surface area (Å²) in [5.41, 5.74) is 3.08. The van der Waals surface area contributed by atoms with Crippen molar-refractivity contribution in [3.63, 3.8) is 0 Å². The maximum Gasteiger partial charge on any atom is 0.343 e. The second-order valence-electron chi connectivity index (χ2n) is 6.32. The van der Waals surface area contributed by atoms with Crippen LogP contribution in [0.4, 0.5) is 0 Å². The normalized spacial score (nSPS) is 14.1. The number of ether oxygens (including phenoxy) is 2. The zero-order chi connectivity index (χ0) is 19.0. The predicted molar refractivity (Wildman–Crippen MR) is 105 cm³/mol. The standard InChI is InChI=1S/C22H16O4S/c1-13-3-5-15(6-4-13)22(24)25-16-7-8-17-18(11-16)26-19(21(17)23)12-20-14(2)9-10-27-20/h3-12H,1-2H3/b19-12-. The van der Waals surface area contributed by atoms with E-state index in [4.69, 9.17) is 9.47 Å². The van der Waals surface area contributed by atoms with E-state index in [-0.39, 0.29) is 11.5 Å². The molecule has 134 valence electrons. The van der Waals surface area contributed by atoms with E-state index in [1.807, 2.05) is 37.4 Å². The van der Waals surface area contributed by atoms with Crippen LogP contribution in [0.2, 0.25) is 0 Å².